The van der Waals surface area contributed by atoms with Gasteiger partial charge >= 0.3 is 6.09 Å². The molecule has 1 fully saturated rings. The standard InChI is InChI=1S/C32H35N5O5/c1-31(2,3)41-30(40)36-19-7-8-24(20-36)37(28-25(9-6-16-34-28)21-14-17-33-18-15-21)29(39)23-12-10-22(11-13-23)26-27(38)32(4,5)42-35-26/h6,9-18,24H,7-8,19-20H2,1-5H3/t24-/m1/s1. The number of ether oxygens (including phenoxy) is 1. The fourth-order valence-electron chi connectivity index (χ4n) is 5.06. The predicted octanol–water partition coefficient (Wildman–Crippen LogP) is 5.27. The first-order valence-electron chi connectivity index (χ1n) is 14.0. The number of Topliss-reactive ketones (excluding diaryl/α,β-unsaturated/α-hetero) is 1. The molecule has 0 saturated carbocycles. The second kappa shape index (κ2) is 11.3. The molecule has 3 aromatic rings. The number of nitrogens with zero attached hydrogens (tertiary/aromatic N) is 5. The number of ketones is 1. The van der Waals surface area contributed by atoms with Gasteiger partial charge in [-0.1, -0.05) is 17.3 Å². The van der Waals surface area contributed by atoms with Crippen LogP contribution in [0.15, 0.2) is 72.3 Å². The van der Waals surface area contributed by atoms with Crippen molar-refractivity contribution in [1.29, 1.82) is 0 Å². The van der Waals surface area contributed by atoms with E-state index >= 15 is 0 Å². The van der Waals surface area contributed by atoms with Crippen molar-refractivity contribution in [2.45, 2.75) is 64.7 Å². The van der Waals surface area contributed by atoms with Crippen LogP contribution in [-0.4, -0.2) is 68.7 Å². The van der Waals surface area contributed by atoms with Gasteiger partial charge in [-0.2, -0.15) is 0 Å². The summed E-state index contributed by atoms with van der Waals surface area (Å²) in [6.07, 6.45) is 6.00. The van der Waals surface area contributed by atoms with Crippen LogP contribution in [0.2, 0.25) is 0 Å². The van der Waals surface area contributed by atoms with Crippen LogP contribution < -0.4 is 4.90 Å². The lowest BCUT2D eigenvalue weighted by atomic mass is 9.95. The summed E-state index contributed by atoms with van der Waals surface area (Å²) in [4.78, 5) is 57.5. The Morgan fingerprint density at radius 1 is 1.02 bits per heavy atom. The van der Waals surface area contributed by atoms with E-state index in [1.54, 1.807) is 66.5 Å². The van der Waals surface area contributed by atoms with Crippen molar-refractivity contribution in [3.63, 3.8) is 0 Å². The number of aromatic nitrogens is 2. The van der Waals surface area contributed by atoms with Crippen LogP contribution in [0, 0.1) is 0 Å². The van der Waals surface area contributed by atoms with Gasteiger partial charge in [-0.05, 0) is 89.4 Å². The normalized spacial score (nSPS) is 18.2. The summed E-state index contributed by atoms with van der Waals surface area (Å²) in [5, 5.41) is 3.97. The van der Waals surface area contributed by atoms with E-state index in [4.69, 9.17) is 9.57 Å². The molecule has 1 saturated heterocycles. The number of benzene rings is 1. The molecule has 2 aliphatic heterocycles. The number of oxime groups is 1. The number of amides is 2. The molecule has 0 spiro atoms. The molecule has 0 aliphatic carbocycles. The number of carbonyl (C=O) groups excluding carboxylic acids is 3. The van der Waals surface area contributed by atoms with Crippen molar-refractivity contribution in [3.8, 4) is 11.1 Å². The molecule has 10 nitrogen and oxygen atoms in total. The molecule has 1 aromatic carbocycles. The maximum Gasteiger partial charge on any atom is 0.410 e. The molecular weight excluding hydrogens is 534 g/mol. The third kappa shape index (κ3) is 6.02. The van der Waals surface area contributed by atoms with Crippen LogP contribution in [0.5, 0.6) is 0 Å². The lowest BCUT2D eigenvalue weighted by molar-refractivity contribution is -0.128. The second-order valence-corrected chi connectivity index (χ2v) is 12.0. The molecule has 1 atom stereocenters. The van der Waals surface area contributed by atoms with Gasteiger partial charge in [0.15, 0.2) is 11.3 Å². The first kappa shape index (κ1) is 28.9. The van der Waals surface area contributed by atoms with Gasteiger partial charge in [0.25, 0.3) is 5.91 Å². The third-order valence-electron chi connectivity index (χ3n) is 7.17. The number of anilines is 1. The van der Waals surface area contributed by atoms with Crippen LogP contribution >= 0.6 is 0 Å². The van der Waals surface area contributed by atoms with Crippen molar-refractivity contribution >= 4 is 29.3 Å². The van der Waals surface area contributed by atoms with Gasteiger partial charge in [-0.3, -0.25) is 19.5 Å². The summed E-state index contributed by atoms with van der Waals surface area (Å²) in [5.41, 5.74) is 1.17. The Hall–Kier alpha value is -4.60. The van der Waals surface area contributed by atoms with E-state index in [2.05, 4.69) is 15.1 Å². The molecule has 218 valence electrons. The zero-order valence-corrected chi connectivity index (χ0v) is 24.5. The molecule has 2 aliphatic rings. The molecule has 2 amide bonds. The van der Waals surface area contributed by atoms with Crippen LogP contribution in [0.25, 0.3) is 11.1 Å². The number of rotatable bonds is 5. The number of hydrogen-bond acceptors (Lipinski definition) is 8. The van der Waals surface area contributed by atoms with Gasteiger partial charge in [0.05, 0.1) is 6.04 Å². The van der Waals surface area contributed by atoms with Crippen LogP contribution in [-0.2, 0) is 14.4 Å². The van der Waals surface area contributed by atoms with E-state index in [1.165, 1.54) is 0 Å². The zero-order chi connectivity index (χ0) is 30.1. The molecule has 4 heterocycles. The largest absolute Gasteiger partial charge is 0.444 e. The Kier molecular flexibility index (Phi) is 7.81. The highest BCUT2D eigenvalue weighted by molar-refractivity contribution is 6.49. The summed E-state index contributed by atoms with van der Waals surface area (Å²) in [5.74, 6) is -0.00899. The van der Waals surface area contributed by atoms with Crippen molar-refractivity contribution in [2.24, 2.45) is 5.16 Å². The monoisotopic (exact) mass is 569 g/mol. The molecule has 2 aromatic heterocycles. The minimum atomic E-state index is -1.02. The predicted molar refractivity (Wildman–Crippen MR) is 158 cm³/mol. The summed E-state index contributed by atoms with van der Waals surface area (Å²) in [6, 6.07) is 13.9. The van der Waals surface area contributed by atoms with Gasteiger partial charge in [-0.25, -0.2) is 9.78 Å². The number of pyridine rings is 2. The number of carbonyl (C=O) groups is 3. The Labute approximate surface area is 245 Å². The van der Waals surface area contributed by atoms with E-state index in [1.807, 2.05) is 45.0 Å². The van der Waals surface area contributed by atoms with Crippen LogP contribution in [0.3, 0.4) is 0 Å². The lowest BCUT2D eigenvalue weighted by Crippen LogP contribution is -2.53. The maximum absolute atomic E-state index is 14.4. The van der Waals surface area contributed by atoms with Gasteiger partial charge in [-0.15, -0.1) is 0 Å². The summed E-state index contributed by atoms with van der Waals surface area (Å²) < 4.78 is 5.65. The van der Waals surface area contributed by atoms with Gasteiger partial charge < -0.3 is 14.5 Å². The van der Waals surface area contributed by atoms with Crippen molar-refractivity contribution in [2.75, 3.05) is 18.0 Å². The lowest BCUT2D eigenvalue weighted by Gasteiger charge is -2.39. The van der Waals surface area contributed by atoms with Crippen molar-refractivity contribution < 1.29 is 24.0 Å². The topological polar surface area (TPSA) is 114 Å². The fourth-order valence-corrected chi connectivity index (χ4v) is 5.06. The van der Waals surface area contributed by atoms with Crippen molar-refractivity contribution in [3.05, 3.63) is 78.2 Å². The highest BCUT2D eigenvalue weighted by Gasteiger charge is 2.40. The molecule has 10 heteroatoms. The quantitative estimate of drug-likeness (QED) is 0.411. The number of piperidine rings is 1. The minimum absolute atomic E-state index is 0.219. The van der Waals surface area contributed by atoms with E-state index in [0.29, 0.717) is 42.9 Å². The van der Waals surface area contributed by atoms with Gasteiger partial charge in [0.1, 0.15) is 11.4 Å². The van der Waals surface area contributed by atoms with Crippen molar-refractivity contribution in [1.82, 2.24) is 14.9 Å². The molecule has 42 heavy (non-hydrogen) atoms. The second-order valence-electron chi connectivity index (χ2n) is 12.0. The Bertz CT molecular complexity index is 1510. The first-order chi connectivity index (χ1) is 19.9. The zero-order valence-electron chi connectivity index (χ0n) is 24.5. The highest BCUT2D eigenvalue weighted by atomic mass is 16.7. The van der Waals surface area contributed by atoms with Gasteiger partial charge in [0.2, 0.25) is 5.78 Å². The highest BCUT2D eigenvalue weighted by Crippen LogP contribution is 2.33. The molecule has 0 bridgehead atoms. The fraction of sp³-hybridized carbons (Fsp3) is 0.375. The summed E-state index contributed by atoms with van der Waals surface area (Å²) in [6.45, 7) is 9.66. The molecule has 0 radical (unpaired) electrons. The first-order valence-corrected chi connectivity index (χ1v) is 14.0. The van der Waals surface area contributed by atoms with E-state index in [0.717, 1.165) is 11.1 Å². The van der Waals surface area contributed by atoms with Gasteiger partial charge in [0, 0.05) is 48.4 Å². The van der Waals surface area contributed by atoms with E-state index in [-0.39, 0.29) is 23.4 Å². The summed E-state index contributed by atoms with van der Waals surface area (Å²) >= 11 is 0. The SMILES string of the molecule is CC(C)(C)OC(=O)N1CCC[C@@H](N(C(=O)c2ccc(C3=NOC(C)(C)C3=O)cc2)c2ncccc2-c2ccncc2)C1. The minimum Gasteiger partial charge on any atom is -0.444 e. The van der Waals surface area contributed by atoms with Crippen LogP contribution in [0.4, 0.5) is 10.6 Å². The Balaban J connectivity index is 1.51. The molecule has 5 rings (SSSR count). The maximum atomic E-state index is 14.4. The third-order valence-corrected chi connectivity index (χ3v) is 7.17. The average molecular weight is 570 g/mol. The summed E-state index contributed by atoms with van der Waals surface area (Å²) in [7, 11) is 0. The Morgan fingerprint density at radius 3 is 2.38 bits per heavy atom. The molecule has 0 N–H and O–H groups in total. The Morgan fingerprint density at radius 2 is 1.74 bits per heavy atom. The van der Waals surface area contributed by atoms with Crippen LogP contribution in [0.1, 0.15) is 63.4 Å². The number of likely N-dealkylation sites (tertiary alicyclic amines) is 1. The molecular formula is C32H35N5O5. The van der Waals surface area contributed by atoms with E-state index < -0.39 is 17.3 Å². The molecule has 0 unspecified atom stereocenters. The number of hydrogen-bond donors (Lipinski definition) is 0. The van der Waals surface area contributed by atoms with E-state index in [9.17, 15) is 14.4 Å². The average Bonchev–Trinajstić information content (AvgIpc) is 3.25. The smallest absolute Gasteiger partial charge is 0.410 e.